The molecule has 0 spiro atoms. The maximum atomic E-state index is 12.0. The summed E-state index contributed by atoms with van der Waals surface area (Å²) in [5, 5.41) is 12.3. The second kappa shape index (κ2) is 6.79. The van der Waals surface area contributed by atoms with Gasteiger partial charge in [0.2, 0.25) is 0 Å². The predicted octanol–water partition coefficient (Wildman–Crippen LogP) is 2.53. The van der Waals surface area contributed by atoms with E-state index in [1.54, 1.807) is 25.1 Å². The lowest BCUT2D eigenvalue weighted by Crippen LogP contribution is -2.42. The van der Waals surface area contributed by atoms with Gasteiger partial charge in [0.25, 0.3) is 0 Å². The third-order valence-corrected chi connectivity index (χ3v) is 3.29. The van der Waals surface area contributed by atoms with Gasteiger partial charge in [-0.3, -0.25) is 0 Å². The van der Waals surface area contributed by atoms with Crippen LogP contribution in [0, 0.1) is 12.3 Å². The summed E-state index contributed by atoms with van der Waals surface area (Å²) >= 11 is 0. The van der Waals surface area contributed by atoms with Crippen LogP contribution in [0.4, 0.5) is 4.79 Å². The van der Waals surface area contributed by atoms with E-state index in [1.807, 2.05) is 26.8 Å². The van der Waals surface area contributed by atoms with Crippen LogP contribution in [0.1, 0.15) is 38.5 Å². The van der Waals surface area contributed by atoms with Gasteiger partial charge >= 0.3 is 6.03 Å². The summed E-state index contributed by atoms with van der Waals surface area (Å²) in [5.41, 5.74) is 0.877. The number of carbonyl (C=O) groups excluding carboxylic acids is 1. The molecule has 1 heterocycles. The molecule has 1 unspecified atom stereocenters. The monoisotopic (exact) mass is 282 g/mol. The summed E-state index contributed by atoms with van der Waals surface area (Å²) in [7, 11) is 1.75. The molecule has 0 saturated heterocycles. The molecule has 1 atom stereocenters. The number of hydrogen-bond acceptors (Lipinski definition) is 3. The van der Waals surface area contributed by atoms with E-state index < -0.39 is 0 Å². The van der Waals surface area contributed by atoms with Crippen LogP contribution in [0.2, 0.25) is 0 Å². The zero-order chi connectivity index (χ0) is 15.3. The highest BCUT2D eigenvalue weighted by Crippen LogP contribution is 2.21. The van der Waals surface area contributed by atoms with Crippen LogP contribution < -0.4 is 5.32 Å². The number of rotatable bonds is 6. The SMILES string of the molecule is Cc1occc1CN(C)C(=O)NCC(C)(C)CC(C)O. The topological polar surface area (TPSA) is 65.7 Å². The van der Waals surface area contributed by atoms with Gasteiger partial charge in [-0.1, -0.05) is 13.8 Å². The maximum absolute atomic E-state index is 12.0. The lowest BCUT2D eigenvalue weighted by atomic mass is 9.87. The average molecular weight is 282 g/mol. The Kier molecular flexibility index (Phi) is 5.62. The van der Waals surface area contributed by atoms with Gasteiger partial charge in [-0.05, 0) is 31.7 Å². The number of nitrogens with zero attached hydrogens (tertiary/aromatic N) is 1. The molecular formula is C15H26N2O3. The highest BCUT2D eigenvalue weighted by molar-refractivity contribution is 5.73. The summed E-state index contributed by atoms with van der Waals surface area (Å²) in [4.78, 5) is 13.7. The summed E-state index contributed by atoms with van der Waals surface area (Å²) in [6, 6.07) is 1.75. The normalized spacial score (nSPS) is 13.1. The lowest BCUT2D eigenvalue weighted by molar-refractivity contribution is 0.127. The van der Waals surface area contributed by atoms with E-state index in [9.17, 15) is 9.90 Å². The molecule has 0 aliphatic carbocycles. The third kappa shape index (κ3) is 5.25. The first-order valence-corrected chi connectivity index (χ1v) is 6.91. The molecule has 0 radical (unpaired) electrons. The number of nitrogens with one attached hydrogen (secondary N) is 1. The van der Waals surface area contributed by atoms with Crippen LogP contribution in [-0.4, -0.2) is 35.7 Å². The Bertz CT molecular complexity index is 438. The molecule has 0 aliphatic rings. The fourth-order valence-electron chi connectivity index (χ4n) is 2.22. The smallest absolute Gasteiger partial charge is 0.317 e. The molecule has 5 nitrogen and oxygen atoms in total. The molecule has 0 aliphatic heterocycles. The Morgan fingerprint density at radius 1 is 1.55 bits per heavy atom. The van der Waals surface area contributed by atoms with Crippen LogP contribution in [0.5, 0.6) is 0 Å². The van der Waals surface area contributed by atoms with Crippen molar-refractivity contribution >= 4 is 6.03 Å². The van der Waals surface area contributed by atoms with E-state index in [2.05, 4.69) is 5.32 Å². The van der Waals surface area contributed by atoms with Gasteiger partial charge in [-0.25, -0.2) is 4.79 Å². The number of furan rings is 1. The van der Waals surface area contributed by atoms with Crippen molar-refractivity contribution < 1.29 is 14.3 Å². The molecule has 0 saturated carbocycles. The van der Waals surface area contributed by atoms with Crippen molar-refractivity contribution in [1.82, 2.24) is 10.2 Å². The second-order valence-electron chi connectivity index (χ2n) is 6.23. The molecule has 1 aromatic rings. The van der Waals surface area contributed by atoms with Crippen LogP contribution in [0.15, 0.2) is 16.7 Å². The zero-order valence-electron chi connectivity index (χ0n) is 13.1. The van der Waals surface area contributed by atoms with E-state index >= 15 is 0 Å². The largest absolute Gasteiger partial charge is 0.469 e. The van der Waals surface area contributed by atoms with Crippen LogP contribution in [-0.2, 0) is 6.54 Å². The fourth-order valence-corrected chi connectivity index (χ4v) is 2.22. The molecule has 5 heteroatoms. The van der Waals surface area contributed by atoms with E-state index in [0.29, 0.717) is 19.5 Å². The van der Waals surface area contributed by atoms with E-state index in [4.69, 9.17) is 4.42 Å². The van der Waals surface area contributed by atoms with Gasteiger partial charge in [0.15, 0.2) is 0 Å². The Morgan fingerprint density at radius 2 is 2.20 bits per heavy atom. The maximum Gasteiger partial charge on any atom is 0.317 e. The van der Waals surface area contributed by atoms with E-state index in [0.717, 1.165) is 11.3 Å². The van der Waals surface area contributed by atoms with Gasteiger partial charge in [-0.15, -0.1) is 0 Å². The first-order chi connectivity index (χ1) is 9.21. The predicted molar refractivity (Wildman–Crippen MR) is 78.4 cm³/mol. The summed E-state index contributed by atoms with van der Waals surface area (Å²) in [6.45, 7) is 8.75. The van der Waals surface area contributed by atoms with Gasteiger partial charge < -0.3 is 19.7 Å². The van der Waals surface area contributed by atoms with Crippen molar-refractivity contribution in [3.63, 3.8) is 0 Å². The first kappa shape index (κ1) is 16.6. The Balaban J connectivity index is 2.44. The highest BCUT2D eigenvalue weighted by atomic mass is 16.3. The molecule has 0 fully saturated rings. The third-order valence-electron chi connectivity index (χ3n) is 3.29. The molecule has 114 valence electrons. The first-order valence-electron chi connectivity index (χ1n) is 6.91. The Morgan fingerprint density at radius 3 is 2.70 bits per heavy atom. The van der Waals surface area contributed by atoms with Crippen molar-refractivity contribution in [2.24, 2.45) is 5.41 Å². The highest BCUT2D eigenvalue weighted by Gasteiger charge is 2.22. The molecule has 0 bridgehead atoms. The molecular weight excluding hydrogens is 256 g/mol. The molecule has 1 rings (SSSR count). The van der Waals surface area contributed by atoms with Crippen molar-refractivity contribution in [1.29, 1.82) is 0 Å². The Labute approximate surface area is 121 Å². The zero-order valence-corrected chi connectivity index (χ0v) is 13.1. The van der Waals surface area contributed by atoms with E-state index in [1.165, 1.54) is 0 Å². The lowest BCUT2D eigenvalue weighted by Gasteiger charge is -2.28. The van der Waals surface area contributed by atoms with E-state index in [-0.39, 0.29) is 17.6 Å². The molecule has 20 heavy (non-hydrogen) atoms. The van der Waals surface area contributed by atoms with Crippen molar-refractivity contribution in [3.05, 3.63) is 23.7 Å². The van der Waals surface area contributed by atoms with Crippen LogP contribution >= 0.6 is 0 Å². The van der Waals surface area contributed by atoms with Crippen LogP contribution in [0.3, 0.4) is 0 Å². The van der Waals surface area contributed by atoms with Gasteiger partial charge in [0, 0.05) is 19.2 Å². The minimum Gasteiger partial charge on any atom is -0.469 e. The summed E-state index contributed by atoms with van der Waals surface area (Å²) in [5.74, 6) is 0.832. The molecule has 2 N–H and O–H groups in total. The van der Waals surface area contributed by atoms with Crippen molar-refractivity contribution in [2.75, 3.05) is 13.6 Å². The van der Waals surface area contributed by atoms with Crippen LogP contribution in [0.25, 0.3) is 0 Å². The fraction of sp³-hybridized carbons (Fsp3) is 0.667. The standard InChI is InChI=1S/C15H26N2O3/c1-11(18)8-15(3,4)10-16-14(19)17(5)9-13-6-7-20-12(13)2/h6-7,11,18H,8-10H2,1-5H3,(H,16,19). The number of urea groups is 1. The number of aryl methyl sites for hydroxylation is 1. The minimum atomic E-state index is -0.367. The molecule has 1 aromatic heterocycles. The van der Waals surface area contributed by atoms with Gasteiger partial charge in [0.05, 0.1) is 18.9 Å². The number of hydrogen-bond donors (Lipinski definition) is 2. The summed E-state index contributed by atoms with van der Waals surface area (Å²) in [6.07, 6.45) is 1.91. The Hall–Kier alpha value is -1.49. The number of aliphatic hydroxyl groups is 1. The van der Waals surface area contributed by atoms with Crippen molar-refractivity contribution in [2.45, 2.75) is 46.8 Å². The minimum absolute atomic E-state index is 0.121. The number of aliphatic hydroxyl groups excluding tert-OH is 1. The quantitative estimate of drug-likeness (QED) is 0.842. The number of amides is 2. The number of carbonyl (C=O) groups is 1. The van der Waals surface area contributed by atoms with Gasteiger partial charge in [-0.2, -0.15) is 0 Å². The van der Waals surface area contributed by atoms with Crippen molar-refractivity contribution in [3.8, 4) is 0 Å². The van der Waals surface area contributed by atoms with Gasteiger partial charge in [0.1, 0.15) is 5.76 Å². The summed E-state index contributed by atoms with van der Waals surface area (Å²) < 4.78 is 5.22. The average Bonchev–Trinajstić information content (AvgIpc) is 2.70. The molecule has 2 amide bonds. The second-order valence-corrected chi connectivity index (χ2v) is 6.23. The molecule has 0 aromatic carbocycles.